The fourth-order valence-electron chi connectivity index (χ4n) is 1.01. The van der Waals surface area contributed by atoms with Gasteiger partial charge in [-0.2, -0.15) is 0 Å². The minimum Gasteiger partial charge on any atom is -0.299 e. The molecule has 0 heterocycles. The maximum atomic E-state index is 11.5. The first kappa shape index (κ1) is 11.2. The zero-order chi connectivity index (χ0) is 10.8. The van der Waals surface area contributed by atoms with Crippen molar-refractivity contribution in [3.05, 3.63) is 29.3 Å². The van der Waals surface area contributed by atoms with Gasteiger partial charge in [0.1, 0.15) is 11.5 Å². The highest BCUT2D eigenvalue weighted by atomic mass is 35.5. The number of ketones is 1. The average Bonchev–Trinajstić information content (AvgIpc) is 2.01. The van der Waals surface area contributed by atoms with Crippen LogP contribution < -0.4 is 0 Å². The van der Waals surface area contributed by atoms with Crippen molar-refractivity contribution >= 4 is 27.2 Å². The molecule has 3 nitrogen and oxygen atoms in total. The Morgan fingerprint density at radius 3 is 2.57 bits per heavy atom. The van der Waals surface area contributed by atoms with Gasteiger partial charge in [0, 0.05) is 5.02 Å². The summed E-state index contributed by atoms with van der Waals surface area (Å²) in [5.41, 5.74) is 0. The molecule has 14 heavy (non-hydrogen) atoms. The quantitative estimate of drug-likeness (QED) is 0.797. The van der Waals surface area contributed by atoms with E-state index in [-0.39, 0.29) is 10.7 Å². The monoisotopic (exact) mass is 232 g/mol. The van der Waals surface area contributed by atoms with E-state index in [9.17, 15) is 13.2 Å². The number of Topliss-reactive ketones (excluding diaryl/α,β-unsaturated/α-hetero) is 1. The lowest BCUT2D eigenvalue weighted by Crippen LogP contribution is -2.13. The second kappa shape index (κ2) is 4.11. The lowest BCUT2D eigenvalue weighted by atomic mass is 10.4. The van der Waals surface area contributed by atoms with Crippen molar-refractivity contribution < 1.29 is 13.2 Å². The summed E-state index contributed by atoms with van der Waals surface area (Å²) in [5.74, 6) is -0.863. The predicted octanol–water partition coefficient (Wildman–Crippen LogP) is 1.70. The molecule has 0 saturated heterocycles. The minimum absolute atomic E-state index is 0.0835. The number of benzene rings is 1. The van der Waals surface area contributed by atoms with Crippen LogP contribution in [0, 0.1) is 0 Å². The average molecular weight is 233 g/mol. The molecule has 1 aromatic rings. The molecule has 0 bridgehead atoms. The summed E-state index contributed by atoms with van der Waals surface area (Å²) in [7, 11) is -3.52. The lowest BCUT2D eigenvalue weighted by molar-refractivity contribution is -0.114. The molecule has 0 unspecified atom stereocenters. The molecule has 0 N–H and O–H groups in total. The van der Waals surface area contributed by atoms with Gasteiger partial charge in [0.15, 0.2) is 9.84 Å². The van der Waals surface area contributed by atoms with Gasteiger partial charge in [0.2, 0.25) is 0 Å². The molecule has 0 aliphatic rings. The van der Waals surface area contributed by atoms with E-state index in [1.165, 1.54) is 25.1 Å². The van der Waals surface area contributed by atoms with E-state index in [4.69, 9.17) is 11.6 Å². The smallest absolute Gasteiger partial charge is 0.185 e. The summed E-state index contributed by atoms with van der Waals surface area (Å²) in [6.07, 6.45) is 0. The predicted molar refractivity (Wildman–Crippen MR) is 54.2 cm³/mol. The highest BCUT2D eigenvalue weighted by Gasteiger charge is 2.16. The third kappa shape index (κ3) is 2.82. The molecule has 0 aromatic heterocycles. The van der Waals surface area contributed by atoms with Crippen molar-refractivity contribution in [2.75, 3.05) is 5.75 Å². The summed E-state index contributed by atoms with van der Waals surface area (Å²) in [6, 6.07) is 5.87. The van der Waals surface area contributed by atoms with Crippen molar-refractivity contribution in [3.8, 4) is 0 Å². The van der Waals surface area contributed by atoms with Crippen LogP contribution >= 0.6 is 11.6 Å². The van der Waals surface area contributed by atoms with E-state index in [0.717, 1.165) is 0 Å². The first-order valence-corrected chi connectivity index (χ1v) is 5.92. The highest BCUT2D eigenvalue weighted by Crippen LogP contribution is 2.16. The lowest BCUT2D eigenvalue weighted by Gasteiger charge is -2.01. The molecular formula is C9H9ClO3S. The summed E-state index contributed by atoms with van der Waals surface area (Å²) in [5, 5.41) is 0.342. The first-order valence-electron chi connectivity index (χ1n) is 3.89. The van der Waals surface area contributed by atoms with Gasteiger partial charge in [-0.15, -0.1) is 0 Å². The van der Waals surface area contributed by atoms with Crippen LogP contribution in [0.5, 0.6) is 0 Å². The van der Waals surface area contributed by atoms with Gasteiger partial charge in [-0.25, -0.2) is 8.42 Å². The van der Waals surface area contributed by atoms with Crippen molar-refractivity contribution in [1.29, 1.82) is 0 Å². The van der Waals surface area contributed by atoms with Gasteiger partial charge in [-0.1, -0.05) is 17.7 Å². The van der Waals surface area contributed by atoms with Crippen molar-refractivity contribution in [2.45, 2.75) is 11.8 Å². The van der Waals surface area contributed by atoms with Crippen LogP contribution in [0.2, 0.25) is 5.02 Å². The highest BCUT2D eigenvalue weighted by molar-refractivity contribution is 7.92. The third-order valence-corrected chi connectivity index (χ3v) is 3.54. The molecule has 1 rings (SSSR count). The second-order valence-corrected chi connectivity index (χ2v) is 5.34. The topological polar surface area (TPSA) is 51.2 Å². The Kier molecular flexibility index (Phi) is 3.29. The second-order valence-electron chi connectivity index (χ2n) is 2.92. The molecule has 5 heteroatoms. The standard InChI is InChI=1S/C9H9ClO3S/c1-7(11)6-14(12,13)9-4-2-3-8(10)5-9/h2-5H,6H2,1H3. The van der Waals surface area contributed by atoms with Crippen LogP contribution in [0.15, 0.2) is 29.2 Å². The van der Waals surface area contributed by atoms with Gasteiger partial charge >= 0.3 is 0 Å². The van der Waals surface area contributed by atoms with Gasteiger partial charge in [0.05, 0.1) is 4.90 Å². The van der Waals surface area contributed by atoms with E-state index in [1.807, 2.05) is 0 Å². The summed E-state index contributed by atoms with van der Waals surface area (Å²) >= 11 is 5.64. The van der Waals surface area contributed by atoms with Crippen molar-refractivity contribution in [3.63, 3.8) is 0 Å². The number of hydrogen-bond donors (Lipinski definition) is 0. The normalized spacial score (nSPS) is 11.3. The van der Waals surface area contributed by atoms with E-state index in [2.05, 4.69) is 0 Å². The molecular weight excluding hydrogens is 224 g/mol. The number of hydrogen-bond acceptors (Lipinski definition) is 3. The van der Waals surface area contributed by atoms with Crippen molar-refractivity contribution in [1.82, 2.24) is 0 Å². The summed E-state index contributed by atoms with van der Waals surface area (Å²) < 4.78 is 23.0. The molecule has 0 saturated carbocycles. The molecule has 0 aliphatic carbocycles. The van der Waals surface area contributed by atoms with E-state index in [1.54, 1.807) is 6.07 Å². The van der Waals surface area contributed by atoms with Crippen LogP contribution in [-0.4, -0.2) is 20.0 Å². The van der Waals surface area contributed by atoms with Crippen LogP contribution in [0.1, 0.15) is 6.92 Å². The molecule has 0 atom stereocenters. The molecule has 76 valence electrons. The Bertz CT molecular complexity index is 451. The third-order valence-electron chi connectivity index (χ3n) is 1.55. The largest absolute Gasteiger partial charge is 0.299 e. The fraction of sp³-hybridized carbons (Fsp3) is 0.222. The zero-order valence-corrected chi connectivity index (χ0v) is 9.10. The molecule has 0 spiro atoms. The number of rotatable bonds is 3. The molecule has 0 fully saturated rings. The van der Waals surface area contributed by atoms with Crippen molar-refractivity contribution in [2.24, 2.45) is 0 Å². The Balaban J connectivity index is 3.11. The minimum atomic E-state index is -3.52. The summed E-state index contributed by atoms with van der Waals surface area (Å²) in [6.45, 7) is 1.24. The van der Waals surface area contributed by atoms with E-state index in [0.29, 0.717) is 5.02 Å². The number of carbonyl (C=O) groups is 1. The Morgan fingerprint density at radius 2 is 2.07 bits per heavy atom. The number of carbonyl (C=O) groups excluding carboxylic acids is 1. The SMILES string of the molecule is CC(=O)CS(=O)(=O)c1cccc(Cl)c1. The van der Waals surface area contributed by atoms with Gasteiger partial charge in [-0.05, 0) is 25.1 Å². The summed E-state index contributed by atoms with van der Waals surface area (Å²) in [4.78, 5) is 10.8. The molecule has 1 aromatic carbocycles. The van der Waals surface area contributed by atoms with Crippen LogP contribution in [0.3, 0.4) is 0 Å². The molecule has 0 radical (unpaired) electrons. The van der Waals surface area contributed by atoms with Gasteiger partial charge in [-0.3, -0.25) is 4.79 Å². The van der Waals surface area contributed by atoms with Crippen LogP contribution in [-0.2, 0) is 14.6 Å². The zero-order valence-electron chi connectivity index (χ0n) is 7.53. The Morgan fingerprint density at radius 1 is 1.43 bits per heavy atom. The molecule has 0 amide bonds. The van der Waals surface area contributed by atoms with Crippen LogP contribution in [0.4, 0.5) is 0 Å². The van der Waals surface area contributed by atoms with Crippen LogP contribution in [0.25, 0.3) is 0 Å². The maximum Gasteiger partial charge on any atom is 0.185 e. The fourth-order valence-corrected chi connectivity index (χ4v) is 2.56. The first-order chi connectivity index (χ1) is 6.42. The maximum absolute atomic E-state index is 11.5. The Labute approximate surface area is 87.6 Å². The van der Waals surface area contributed by atoms with Gasteiger partial charge < -0.3 is 0 Å². The Hall–Kier alpha value is -0.870. The van der Waals surface area contributed by atoms with Gasteiger partial charge in [0.25, 0.3) is 0 Å². The van der Waals surface area contributed by atoms with E-state index < -0.39 is 15.6 Å². The number of halogens is 1. The molecule has 0 aliphatic heterocycles. The number of sulfone groups is 1. The van der Waals surface area contributed by atoms with E-state index >= 15 is 0 Å².